The predicted octanol–water partition coefficient (Wildman–Crippen LogP) is 0.648. The number of aliphatic imine (C=N–C) groups is 1. The van der Waals surface area contributed by atoms with E-state index in [0.717, 1.165) is 62.4 Å². The molecule has 28 heavy (non-hydrogen) atoms. The molecule has 1 saturated heterocycles. The number of hydrogen-bond acceptors (Lipinski definition) is 6. The third kappa shape index (κ3) is 7.37. The lowest BCUT2D eigenvalue weighted by molar-refractivity contribution is -0.122. The van der Waals surface area contributed by atoms with Crippen LogP contribution in [0.5, 0.6) is 0 Å². The van der Waals surface area contributed by atoms with Crippen LogP contribution in [-0.4, -0.2) is 92.7 Å². The Morgan fingerprint density at radius 3 is 2.61 bits per heavy atom. The monoisotopic (exact) mass is 410 g/mol. The smallest absolute Gasteiger partial charge is 0.234 e. The highest BCUT2D eigenvalue weighted by atomic mass is 32.1. The SMILES string of the molecule is CCNC(=NCCc1sc(C)nc1C)N1CCN(CC(=O)NCCOC)CC1. The molecule has 0 saturated carbocycles. The van der Waals surface area contributed by atoms with Crippen molar-refractivity contribution >= 4 is 23.2 Å². The maximum Gasteiger partial charge on any atom is 0.234 e. The van der Waals surface area contributed by atoms with Crippen LogP contribution < -0.4 is 10.6 Å². The third-order valence-electron chi connectivity index (χ3n) is 4.60. The van der Waals surface area contributed by atoms with Gasteiger partial charge in [0.05, 0.1) is 23.9 Å². The molecule has 8 nitrogen and oxygen atoms in total. The summed E-state index contributed by atoms with van der Waals surface area (Å²) >= 11 is 1.76. The van der Waals surface area contributed by atoms with Crippen molar-refractivity contribution in [1.82, 2.24) is 25.4 Å². The number of aryl methyl sites for hydroxylation is 2. The molecule has 0 spiro atoms. The molecule has 0 atom stereocenters. The highest BCUT2D eigenvalue weighted by Gasteiger charge is 2.21. The number of hydrogen-bond donors (Lipinski definition) is 2. The van der Waals surface area contributed by atoms with E-state index in [0.29, 0.717) is 19.7 Å². The van der Waals surface area contributed by atoms with Crippen LogP contribution in [0.1, 0.15) is 22.5 Å². The van der Waals surface area contributed by atoms with Gasteiger partial charge in [-0.1, -0.05) is 0 Å². The van der Waals surface area contributed by atoms with E-state index in [2.05, 4.69) is 39.3 Å². The Hall–Kier alpha value is -1.71. The van der Waals surface area contributed by atoms with Gasteiger partial charge in [0.2, 0.25) is 5.91 Å². The van der Waals surface area contributed by atoms with Crippen LogP contribution in [0.3, 0.4) is 0 Å². The molecule has 0 aromatic carbocycles. The molecule has 2 heterocycles. The number of carbonyl (C=O) groups is 1. The lowest BCUT2D eigenvalue weighted by Gasteiger charge is -2.36. The van der Waals surface area contributed by atoms with Gasteiger partial charge in [0.15, 0.2) is 5.96 Å². The Balaban J connectivity index is 1.79. The number of guanidine groups is 1. The summed E-state index contributed by atoms with van der Waals surface area (Å²) in [4.78, 5) is 27.0. The standard InChI is InChI=1S/C19H34N6O2S/c1-5-20-19(22-7-6-17-15(2)23-16(3)28-17)25-11-9-24(10-12-25)14-18(26)21-8-13-27-4/h5-14H2,1-4H3,(H,20,22)(H,21,26). The maximum absolute atomic E-state index is 11.9. The number of thiazole rings is 1. The summed E-state index contributed by atoms with van der Waals surface area (Å²) in [5.74, 6) is 1.02. The number of methoxy groups -OCH3 is 1. The van der Waals surface area contributed by atoms with E-state index in [1.54, 1.807) is 18.4 Å². The fourth-order valence-electron chi connectivity index (χ4n) is 3.16. The first kappa shape index (κ1) is 22.6. The number of ether oxygens (including phenoxy) is 1. The molecule has 158 valence electrons. The number of piperazine rings is 1. The second kappa shape index (κ2) is 12.0. The topological polar surface area (TPSA) is 82.1 Å². The summed E-state index contributed by atoms with van der Waals surface area (Å²) in [5, 5.41) is 7.39. The molecule has 9 heteroatoms. The van der Waals surface area contributed by atoms with Crippen LogP contribution in [0.2, 0.25) is 0 Å². The first-order valence-electron chi connectivity index (χ1n) is 9.97. The predicted molar refractivity (Wildman–Crippen MR) is 114 cm³/mol. The van der Waals surface area contributed by atoms with Crippen LogP contribution in [0.4, 0.5) is 0 Å². The van der Waals surface area contributed by atoms with E-state index in [1.807, 2.05) is 6.92 Å². The van der Waals surface area contributed by atoms with Crippen molar-refractivity contribution in [2.24, 2.45) is 4.99 Å². The van der Waals surface area contributed by atoms with Crippen molar-refractivity contribution in [3.63, 3.8) is 0 Å². The zero-order valence-corrected chi connectivity index (χ0v) is 18.4. The van der Waals surface area contributed by atoms with Crippen molar-refractivity contribution in [3.05, 3.63) is 15.6 Å². The van der Waals surface area contributed by atoms with Crippen molar-refractivity contribution in [2.75, 3.05) is 66.1 Å². The minimum absolute atomic E-state index is 0.0568. The van der Waals surface area contributed by atoms with Gasteiger partial charge in [-0.05, 0) is 20.8 Å². The zero-order valence-electron chi connectivity index (χ0n) is 17.6. The van der Waals surface area contributed by atoms with Gasteiger partial charge in [0.1, 0.15) is 0 Å². The summed E-state index contributed by atoms with van der Waals surface area (Å²) in [6.07, 6.45) is 0.924. The average Bonchev–Trinajstić information content (AvgIpc) is 2.99. The fraction of sp³-hybridized carbons (Fsp3) is 0.737. The van der Waals surface area contributed by atoms with E-state index in [1.165, 1.54) is 4.88 Å². The van der Waals surface area contributed by atoms with E-state index < -0.39 is 0 Å². The van der Waals surface area contributed by atoms with Crippen molar-refractivity contribution in [3.8, 4) is 0 Å². The van der Waals surface area contributed by atoms with Crippen LogP contribution in [0.25, 0.3) is 0 Å². The molecule has 0 aliphatic carbocycles. The number of carbonyl (C=O) groups excluding carboxylic acids is 1. The van der Waals surface area contributed by atoms with Gasteiger partial charge < -0.3 is 20.3 Å². The molecular weight excluding hydrogens is 376 g/mol. The Morgan fingerprint density at radius 2 is 2.00 bits per heavy atom. The first-order valence-corrected chi connectivity index (χ1v) is 10.8. The third-order valence-corrected chi connectivity index (χ3v) is 5.73. The van der Waals surface area contributed by atoms with E-state index in [9.17, 15) is 4.79 Å². The Morgan fingerprint density at radius 1 is 1.25 bits per heavy atom. The van der Waals surface area contributed by atoms with Crippen molar-refractivity contribution in [1.29, 1.82) is 0 Å². The lowest BCUT2D eigenvalue weighted by Crippen LogP contribution is -2.54. The molecule has 2 N–H and O–H groups in total. The summed E-state index contributed by atoms with van der Waals surface area (Å²) in [6.45, 7) is 12.8. The Labute approximate surface area is 172 Å². The number of nitrogens with one attached hydrogen (secondary N) is 2. The molecule has 0 bridgehead atoms. The molecule has 1 aliphatic rings. The average molecular weight is 411 g/mol. The van der Waals surface area contributed by atoms with Crippen molar-refractivity contribution < 1.29 is 9.53 Å². The number of aromatic nitrogens is 1. The second-order valence-corrected chi connectivity index (χ2v) is 8.12. The normalized spacial score (nSPS) is 15.7. The highest BCUT2D eigenvalue weighted by Crippen LogP contribution is 2.17. The van der Waals surface area contributed by atoms with Gasteiger partial charge in [-0.2, -0.15) is 0 Å². The van der Waals surface area contributed by atoms with Crippen LogP contribution in [0, 0.1) is 13.8 Å². The number of rotatable bonds is 9. The zero-order chi connectivity index (χ0) is 20.4. The van der Waals surface area contributed by atoms with Crippen LogP contribution in [-0.2, 0) is 16.0 Å². The Bertz CT molecular complexity index is 640. The summed E-state index contributed by atoms with van der Waals surface area (Å²) in [5.41, 5.74) is 1.13. The lowest BCUT2D eigenvalue weighted by atomic mass is 10.3. The summed E-state index contributed by atoms with van der Waals surface area (Å²) < 4.78 is 4.96. The van der Waals surface area contributed by atoms with E-state index >= 15 is 0 Å². The Kier molecular flexibility index (Phi) is 9.66. The summed E-state index contributed by atoms with van der Waals surface area (Å²) in [7, 11) is 1.63. The van der Waals surface area contributed by atoms with Gasteiger partial charge >= 0.3 is 0 Å². The second-order valence-electron chi connectivity index (χ2n) is 6.83. The minimum atomic E-state index is 0.0568. The largest absolute Gasteiger partial charge is 0.383 e. The van der Waals surface area contributed by atoms with Gasteiger partial charge in [0, 0.05) is 64.2 Å². The molecule has 0 radical (unpaired) electrons. The number of nitrogens with zero attached hydrogens (tertiary/aromatic N) is 4. The minimum Gasteiger partial charge on any atom is -0.383 e. The molecule has 1 aromatic heterocycles. The van der Waals surface area contributed by atoms with Crippen molar-refractivity contribution in [2.45, 2.75) is 27.2 Å². The molecular formula is C19H34N6O2S. The van der Waals surface area contributed by atoms with E-state index in [4.69, 9.17) is 9.73 Å². The van der Waals surface area contributed by atoms with Crippen LogP contribution in [0.15, 0.2) is 4.99 Å². The molecule has 1 aliphatic heterocycles. The fourth-order valence-corrected chi connectivity index (χ4v) is 4.09. The maximum atomic E-state index is 11.9. The highest BCUT2D eigenvalue weighted by molar-refractivity contribution is 7.11. The quantitative estimate of drug-likeness (QED) is 0.353. The number of amides is 1. The van der Waals surface area contributed by atoms with Crippen LogP contribution >= 0.6 is 11.3 Å². The molecule has 1 aromatic rings. The molecule has 1 amide bonds. The van der Waals surface area contributed by atoms with Gasteiger partial charge in [-0.3, -0.25) is 14.7 Å². The molecule has 0 unspecified atom stereocenters. The molecule has 2 rings (SSSR count). The van der Waals surface area contributed by atoms with Gasteiger partial charge in [-0.15, -0.1) is 11.3 Å². The van der Waals surface area contributed by atoms with Gasteiger partial charge in [-0.25, -0.2) is 4.98 Å². The molecule has 1 fully saturated rings. The van der Waals surface area contributed by atoms with E-state index in [-0.39, 0.29) is 5.91 Å². The van der Waals surface area contributed by atoms with Gasteiger partial charge in [0.25, 0.3) is 0 Å². The first-order chi connectivity index (χ1) is 13.5. The summed E-state index contributed by atoms with van der Waals surface area (Å²) in [6, 6.07) is 0.